The van der Waals surface area contributed by atoms with Gasteiger partial charge in [0.1, 0.15) is 0 Å². The molecule has 4 nitrogen and oxygen atoms in total. The van der Waals surface area contributed by atoms with Gasteiger partial charge in [-0.05, 0) is 50.6 Å². The maximum Gasteiger partial charge on any atom is 0.304 e. The lowest BCUT2D eigenvalue weighted by molar-refractivity contribution is -0.138. The van der Waals surface area contributed by atoms with Crippen LogP contribution in [0.25, 0.3) is 0 Å². The number of benzene rings is 1. The normalized spacial score (nSPS) is 20.5. The zero-order chi connectivity index (χ0) is 16.1. The number of halogens is 1. The molecule has 2 unspecified atom stereocenters. The van der Waals surface area contributed by atoms with Crippen LogP contribution in [-0.2, 0) is 4.79 Å². The van der Waals surface area contributed by atoms with Crippen molar-refractivity contribution in [2.24, 2.45) is 5.92 Å². The fourth-order valence-electron chi connectivity index (χ4n) is 3.01. The highest BCUT2D eigenvalue weighted by atomic mass is 35.5. The molecule has 0 bridgehead atoms. The van der Waals surface area contributed by atoms with E-state index in [-0.39, 0.29) is 12.2 Å². The molecule has 0 aliphatic carbocycles. The highest BCUT2D eigenvalue weighted by Gasteiger charge is 2.28. The Hall–Kier alpha value is -1.39. The van der Waals surface area contributed by atoms with E-state index in [1.54, 1.807) is 24.3 Å². The SMILES string of the molecule is CC1CCCCN1CC(CC(=O)O)C(=O)c1ccc(Cl)cc1. The summed E-state index contributed by atoms with van der Waals surface area (Å²) in [4.78, 5) is 26.0. The van der Waals surface area contributed by atoms with Gasteiger partial charge in [-0.3, -0.25) is 14.5 Å². The lowest BCUT2D eigenvalue weighted by atomic mass is 9.92. The number of nitrogens with zero attached hydrogens (tertiary/aromatic N) is 1. The third kappa shape index (κ3) is 4.55. The second kappa shape index (κ2) is 7.75. The molecular weight excluding hydrogens is 302 g/mol. The number of likely N-dealkylation sites (tertiary alicyclic amines) is 1. The second-order valence-electron chi connectivity index (χ2n) is 6.01. The standard InChI is InChI=1S/C17H22ClNO3/c1-12-4-2-3-9-19(12)11-14(10-16(20)21)17(22)13-5-7-15(18)8-6-13/h5-8,12,14H,2-4,9-11H2,1H3,(H,20,21). The minimum absolute atomic E-state index is 0.114. The van der Waals surface area contributed by atoms with Crippen LogP contribution in [0.2, 0.25) is 5.02 Å². The van der Waals surface area contributed by atoms with Crippen LogP contribution in [0.5, 0.6) is 0 Å². The summed E-state index contributed by atoms with van der Waals surface area (Å²) in [6.07, 6.45) is 3.28. The molecule has 1 fully saturated rings. The number of hydrogen-bond acceptors (Lipinski definition) is 3. The molecule has 1 aromatic carbocycles. The van der Waals surface area contributed by atoms with Crippen LogP contribution in [0, 0.1) is 5.92 Å². The van der Waals surface area contributed by atoms with Gasteiger partial charge in [-0.2, -0.15) is 0 Å². The minimum atomic E-state index is -0.933. The Morgan fingerprint density at radius 3 is 2.59 bits per heavy atom. The van der Waals surface area contributed by atoms with Gasteiger partial charge in [0.25, 0.3) is 0 Å². The van der Waals surface area contributed by atoms with Crippen molar-refractivity contribution in [2.75, 3.05) is 13.1 Å². The Kier molecular flexibility index (Phi) is 5.98. The van der Waals surface area contributed by atoms with E-state index in [1.807, 2.05) is 0 Å². The molecule has 22 heavy (non-hydrogen) atoms. The smallest absolute Gasteiger partial charge is 0.304 e. The molecule has 2 atom stereocenters. The molecule has 0 aromatic heterocycles. The van der Waals surface area contributed by atoms with Gasteiger partial charge in [-0.1, -0.05) is 18.0 Å². The summed E-state index contributed by atoms with van der Waals surface area (Å²) in [6.45, 7) is 3.59. The molecule has 0 radical (unpaired) electrons. The lowest BCUT2D eigenvalue weighted by Gasteiger charge is -2.35. The quantitative estimate of drug-likeness (QED) is 0.814. The Morgan fingerprint density at radius 1 is 1.32 bits per heavy atom. The van der Waals surface area contributed by atoms with E-state index in [0.717, 1.165) is 19.4 Å². The van der Waals surface area contributed by atoms with Gasteiger partial charge >= 0.3 is 5.97 Å². The van der Waals surface area contributed by atoms with Gasteiger partial charge in [-0.15, -0.1) is 0 Å². The number of carbonyl (C=O) groups is 2. The highest BCUT2D eigenvalue weighted by Crippen LogP contribution is 2.22. The number of ketones is 1. The van der Waals surface area contributed by atoms with E-state index in [0.29, 0.717) is 23.2 Å². The summed E-state index contributed by atoms with van der Waals surface area (Å²) in [7, 11) is 0. The zero-order valence-electron chi connectivity index (χ0n) is 12.8. The van der Waals surface area contributed by atoms with Crippen LogP contribution < -0.4 is 0 Å². The fraction of sp³-hybridized carbons (Fsp3) is 0.529. The second-order valence-corrected chi connectivity index (χ2v) is 6.44. The van der Waals surface area contributed by atoms with Gasteiger partial charge in [-0.25, -0.2) is 0 Å². The topological polar surface area (TPSA) is 57.6 Å². The van der Waals surface area contributed by atoms with Gasteiger partial charge in [0, 0.05) is 29.1 Å². The number of rotatable bonds is 6. The molecule has 1 aromatic rings. The molecule has 0 spiro atoms. The van der Waals surface area contributed by atoms with E-state index in [9.17, 15) is 9.59 Å². The fourth-order valence-corrected chi connectivity index (χ4v) is 3.14. The van der Waals surface area contributed by atoms with Crippen molar-refractivity contribution in [2.45, 2.75) is 38.6 Å². The predicted molar refractivity (Wildman–Crippen MR) is 86.4 cm³/mol. The Balaban J connectivity index is 2.12. The van der Waals surface area contributed by atoms with Crippen LogP contribution in [-0.4, -0.2) is 40.9 Å². The summed E-state index contributed by atoms with van der Waals surface area (Å²) in [5.41, 5.74) is 0.528. The van der Waals surface area contributed by atoms with Gasteiger partial charge < -0.3 is 5.11 Å². The molecule has 1 aliphatic heterocycles. The number of carboxylic acids is 1. The number of aliphatic carboxylic acids is 1. The Morgan fingerprint density at radius 2 is 2.00 bits per heavy atom. The summed E-state index contributed by atoms with van der Waals surface area (Å²) < 4.78 is 0. The molecule has 120 valence electrons. The van der Waals surface area contributed by atoms with Crippen molar-refractivity contribution >= 4 is 23.4 Å². The number of hydrogen-bond donors (Lipinski definition) is 1. The average Bonchev–Trinajstić information content (AvgIpc) is 2.48. The molecule has 1 N–H and O–H groups in total. The highest BCUT2D eigenvalue weighted by molar-refractivity contribution is 6.30. The number of piperidine rings is 1. The van der Waals surface area contributed by atoms with E-state index < -0.39 is 11.9 Å². The summed E-state index contributed by atoms with van der Waals surface area (Å²) in [6, 6.07) is 7.06. The summed E-state index contributed by atoms with van der Waals surface area (Å²) >= 11 is 5.84. The molecule has 2 rings (SSSR count). The van der Waals surface area contributed by atoms with E-state index >= 15 is 0 Å². The van der Waals surface area contributed by atoms with Crippen LogP contribution in [0.4, 0.5) is 0 Å². The maximum absolute atomic E-state index is 12.6. The van der Waals surface area contributed by atoms with Crippen LogP contribution >= 0.6 is 11.6 Å². The van der Waals surface area contributed by atoms with Crippen molar-refractivity contribution in [1.29, 1.82) is 0 Å². The van der Waals surface area contributed by atoms with E-state index in [2.05, 4.69) is 11.8 Å². The van der Waals surface area contributed by atoms with Crippen LogP contribution in [0.15, 0.2) is 24.3 Å². The molecule has 1 aliphatic rings. The van der Waals surface area contributed by atoms with Gasteiger partial charge in [0.2, 0.25) is 0 Å². The number of carbonyl (C=O) groups excluding carboxylic acids is 1. The minimum Gasteiger partial charge on any atom is -0.481 e. The van der Waals surface area contributed by atoms with Gasteiger partial charge in [0.05, 0.1) is 6.42 Å². The predicted octanol–water partition coefficient (Wildman–Crippen LogP) is 3.49. The van der Waals surface area contributed by atoms with Crippen molar-refractivity contribution < 1.29 is 14.7 Å². The Bertz CT molecular complexity index is 529. The maximum atomic E-state index is 12.6. The third-order valence-corrected chi connectivity index (χ3v) is 4.57. The summed E-state index contributed by atoms with van der Waals surface area (Å²) in [5.74, 6) is -1.56. The third-order valence-electron chi connectivity index (χ3n) is 4.32. The van der Waals surface area contributed by atoms with Crippen molar-refractivity contribution in [3.05, 3.63) is 34.9 Å². The molecular formula is C17H22ClNO3. The molecule has 1 heterocycles. The van der Waals surface area contributed by atoms with E-state index in [1.165, 1.54) is 6.42 Å². The zero-order valence-corrected chi connectivity index (χ0v) is 13.6. The van der Waals surface area contributed by atoms with E-state index in [4.69, 9.17) is 16.7 Å². The number of carboxylic acid groups (broad SMARTS) is 1. The largest absolute Gasteiger partial charge is 0.481 e. The first-order chi connectivity index (χ1) is 10.5. The average molecular weight is 324 g/mol. The first-order valence-corrected chi connectivity index (χ1v) is 8.11. The monoisotopic (exact) mass is 323 g/mol. The molecule has 0 saturated carbocycles. The molecule has 0 amide bonds. The first-order valence-electron chi connectivity index (χ1n) is 7.73. The summed E-state index contributed by atoms with van der Waals surface area (Å²) in [5, 5.41) is 9.69. The first kappa shape index (κ1) is 17.0. The van der Waals surface area contributed by atoms with Crippen LogP contribution in [0.3, 0.4) is 0 Å². The van der Waals surface area contributed by atoms with Gasteiger partial charge in [0.15, 0.2) is 5.78 Å². The van der Waals surface area contributed by atoms with Crippen molar-refractivity contribution in [3.8, 4) is 0 Å². The number of Topliss-reactive ketones (excluding diaryl/α,β-unsaturated/α-hetero) is 1. The Labute approximate surface area is 136 Å². The van der Waals surface area contributed by atoms with Crippen LogP contribution in [0.1, 0.15) is 43.0 Å². The molecule has 1 saturated heterocycles. The van der Waals surface area contributed by atoms with Crippen molar-refractivity contribution in [1.82, 2.24) is 4.90 Å². The van der Waals surface area contributed by atoms with Crippen molar-refractivity contribution in [3.63, 3.8) is 0 Å². The molecule has 5 heteroatoms. The lowest BCUT2D eigenvalue weighted by Crippen LogP contribution is -2.42.